The van der Waals surface area contributed by atoms with Crippen LogP contribution in [0.5, 0.6) is 5.75 Å². The van der Waals surface area contributed by atoms with Crippen molar-refractivity contribution in [2.24, 2.45) is 5.41 Å². The fourth-order valence-electron chi connectivity index (χ4n) is 3.48. The molecule has 0 fully saturated rings. The summed E-state index contributed by atoms with van der Waals surface area (Å²) in [6.45, 7) is 4.15. The monoisotopic (exact) mass is 345 g/mol. The fourth-order valence-corrected chi connectivity index (χ4v) is 3.76. The average Bonchev–Trinajstić information content (AvgIpc) is 2.76. The number of ether oxygens (including phenoxy) is 1. The smallest absolute Gasteiger partial charge is 0.405 e. The molecule has 2 N–H and O–H groups in total. The first-order valence-electron chi connectivity index (χ1n) is 7.78. The second-order valence-corrected chi connectivity index (χ2v) is 7.21. The molecule has 1 aliphatic rings. The predicted octanol–water partition coefficient (Wildman–Crippen LogP) is 4.91. The zero-order valence-electron chi connectivity index (χ0n) is 13.9. The average molecular weight is 346 g/mol. The molecule has 5 heteroatoms. The first-order chi connectivity index (χ1) is 11.3. The summed E-state index contributed by atoms with van der Waals surface area (Å²) in [6, 6.07) is 11.5. The van der Waals surface area contributed by atoms with E-state index in [9.17, 15) is 4.79 Å². The third-order valence-corrected chi connectivity index (χ3v) is 4.95. The van der Waals surface area contributed by atoms with Crippen molar-refractivity contribution >= 4 is 17.7 Å². The molecule has 0 aromatic heterocycles. The largest absolute Gasteiger partial charge is 0.497 e. The Morgan fingerprint density at radius 2 is 2.04 bits per heavy atom. The van der Waals surface area contributed by atoms with E-state index in [-0.39, 0.29) is 11.5 Å². The quantitative estimate of drug-likeness (QED) is 0.831. The minimum absolute atomic E-state index is 0.164. The summed E-state index contributed by atoms with van der Waals surface area (Å²) in [4.78, 5) is 11.1. The van der Waals surface area contributed by atoms with Crippen molar-refractivity contribution in [2.45, 2.75) is 26.3 Å². The first-order valence-corrected chi connectivity index (χ1v) is 8.16. The number of carbonyl (C=O) groups is 1. The molecular formula is C19H20ClNO3. The molecule has 126 valence electrons. The molecule has 0 heterocycles. The molecule has 2 aromatic rings. The van der Waals surface area contributed by atoms with Gasteiger partial charge in [-0.15, -0.1) is 0 Å². The highest BCUT2D eigenvalue weighted by Gasteiger charge is 2.40. The summed E-state index contributed by atoms with van der Waals surface area (Å²) < 4.78 is 5.19. The van der Waals surface area contributed by atoms with Crippen LogP contribution in [-0.4, -0.2) is 18.3 Å². The summed E-state index contributed by atoms with van der Waals surface area (Å²) in [5, 5.41) is 12.4. The van der Waals surface area contributed by atoms with Gasteiger partial charge < -0.3 is 15.2 Å². The van der Waals surface area contributed by atoms with Crippen LogP contribution in [-0.2, 0) is 6.42 Å². The van der Waals surface area contributed by atoms with Crippen LogP contribution in [0.1, 0.15) is 31.0 Å². The number of nitrogens with one attached hydrogen (secondary N) is 1. The molecule has 0 saturated heterocycles. The van der Waals surface area contributed by atoms with Crippen LogP contribution in [0.2, 0.25) is 5.02 Å². The molecule has 0 aliphatic heterocycles. The first kappa shape index (κ1) is 16.7. The molecule has 1 atom stereocenters. The highest BCUT2D eigenvalue weighted by molar-refractivity contribution is 6.33. The van der Waals surface area contributed by atoms with Gasteiger partial charge in [-0.25, -0.2) is 4.79 Å². The fraction of sp³-hybridized carbons (Fsp3) is 0.316. The SMILES string of the molecule is COc1ccc(-c2ccc3c(c2)CC(C)(C)[C@H]3NC(=O)O)c(Cl)c1. The molecule has 0 saturated carbocycles. The van der Waals surface area contributed by atoms with Gasteiger partial charge in [-0.3, -0.25) is 0 Å². The third-order valence-electron chi connectivity index (χ3n) is 4.64. The molecule has 4 nitrogen and oxygen atoms in total. The number of hydrogen-bond acceptors (Lipinski definition) is 2. The molecule has 0 spiro atoms. The third kappa shape index (κ3) is 2.94. The van der Waals surface area contributed by atoms with Crippen LogP contribution in [0.25, 0.3) is 11.1 Å². The highest BCUT2D eigenvalue weighted by Crippen LogP contribution is 2.46. The Hall–Kier alpha value is -2.20. The van der Waals surface area contributed by atoms with E-state index >= 15 is 0 Å². The van der Waals surface area contributed by atoms with Crippen molar-refractivity contribution in [3.05, 3.63) is 52.5 Å². The summed E-state index contributed by atoms with van der Waals surface area (Å²) in [5.74, 6) is 0.719. The van der Waals surface area contributed by atoms with Crippen LogP contribution in [0.3, 0.4) is 0 Å². The molecule has 2 aromatic carbocycles. The molecule has 3 rings (SSSR count). The summed E-state index contributed by atoms with van der Waals surface area (Å²) in [5.41, 5.74) is 3.99. The van der Waals surface area contributed by atoms with Crippen molar-refractivity contribution in [3.8, 4) is 16.9 Å². The maximum absolute atomic E-state index is 11.1. The van der Waals surface area contributed by atoms with Crippen molar-refractivity contribution in [2.75, 3.05) is 7.11 Å². The van der Waals surface area contributed by atoms with Gasteiger partial charge in [0.25, 0.3) is 0 Å². The second-order valence-electron chi connectivity index (χ2n) is 6.81. The molecule has 0 radical (unpaired) electrons. The Morgan fingerprint density at radius 3 is 2.67 bits per heavy atom. The van der Waals surface area contributed by atoms with Crippen LogP contribution in [0.15, 0.2) is 36.4 Å². The minimum atomic E-state index is -0.997. The van der Waals surface area contributed by atoms with Crippen molar-refractivity contribution in [3.63, 3.8) is 0 Å². The number of hydrogen-bond donors (Lipinski definition) is 2. The van der Waals surface area contributed by atoms with Gasteiger partial charge in [0.2, 0.25) is 0 Å². The number of benzene rings is 2. The molecule has 1 amide bonds. The van der Waals surface area contributed by atoms with Crippen LogP contribution < -0.4 is 10.1 Å². The Balaban J connectivity index is 2.00. The maximum Gasteiger partial charge on any atom is 0.405 e. The number of fused-ring (bicyclic) bond motifs is 1. The number of methoxy groups -OCH3 is 1. The van der Waals surface area contributed by atoms with Gasteiger partial charge in [-0.1, -0.05) is 43.6 Å². The number of carboxylic acid groups (broad SMARTS) is 1. The molecular weight excluding hydrogens is 326 g/mol. The van der Waals surface area contributed by atoms with Crippen LogP contribution >= 0.6 is 11.6 Å². The lowest BCUT2D eigenvalue weighted by Gasteiger charge is -2.27. The second kappa shape index (κ2) is 6.02. The molecule has 0 bridgehead atoms. The minimum Gasteiger partial charge on any atom is -0.497 e. The van der Waals surface area contributed by atoms with Crippen molar-refractivity contribution in [1.82, 2.24) is 5.32 Å². The van der Waals surface area contributed by atoms with E-state index in [0.29, 0.717) is 5.02 Å². The van der Waals surface area contributed by atoms with E-state index in [1.165, 1.54) is 0 Å². The lowest BCUT2D eigenvalue weighted by molar-refractivity contribution is 0.175. The van der Waals surface area contributed by atoms with Crippen molar-refractivity contribution < 1.29 is 14.6 Å². The van der Waals surface area contributed by atoms with Gasteiger partial charge in [-0.05, 0) is 46.7 Å². The van der Waals surface area contributed by atoms with Gasteiger partial charge in [0.1, 0.15) is 5.75 Å². The van der Waals surface area contributed by atoms with E-state index in [1.807, 2.05) is 24.3 Å². The van der Waals surface area contributed by atoms with E-state index in [0.717, 1.165) is 34.4 Å². The topological polar surface area (TPSA) is 58.6 Å². The van der Waals surface area contributed by atoms with E-state index < -0.39 is 6.09 Å². The molecule has 24 heavy (non-hydrogen) atoms. The van der Waals surface area contributed by atoms with E-state index in [2.05, 4.69) is 25.2 Å². The number of amides is 1. The predicted molar refractivity (Wildman–Crippen MR) is 94.8 cm³/mol. The van der Waals surface area contributed by atoms with Gasteiger partial charge in [0.15, 0.2) is 0 Å². The number of rotatable bonds is 3. The van der Waals surface area contributed by atoms with Crippen molar-refractivity contribution in [1.29, 1.82) is 0 Å². The van der Waals surface area contributed by atoms with E-state index in [1.54, 1.807) is 13.2 Å². The Labute approximate surface area is 146 Å². The Bertz CT molecular complexity index is 801. The number of halogens is 1. The van der Waals surface area contributed by atoms with E-state index in [4.69, 9.17) is 21.4 Å². The standard InChI is InChI=1S/C19H20ClNO3/c1-19(2)10-12-8-11(4-6-15(12)17(19)21-18(22)23)14-7-5-13(24-3)9-16(14)20/h4-9,17,21H,10H2,1-3H3,(H,22,23)/t17-/m0/s1. The van der Waals surface area contributed by atoms with Gasteiger partial charge >= 0.3 is 6.09 Å². The summed E-state index contributed by atoms with van der Waals surface area (Å²) >= 11 is 6.38. The van der Waals surface area contributed by atoms with Gasteiger partial charge in [0.05, 0.1) is 18.2 Å². The Kier molecular flexibility index (Phi) is 4.18. The molecule has 0 unspecified atom stereocenters. The van der Waals surface area contributed by atoms with Gasteiger partial charge in [-0.2, -0.15) is 0 Å². The highest BCUT2D eigenvalue weighted by atomic mass is 35.5. The maximum atomic E-state index is 11.1. The van der Waals surface area contributed by atoms with Crippen LogP contribution in [0.4, 0.5) is 4.79 Å². The van der Waals surface area contributed by atoms with Crippen LogP contribution in [0, 0.1) is 5.41 Å². The van der Waals surface area contributed by atoms with Gasteiger partial charge in [0, 0.05) is 5.56 Å². The lowest BCUT2D eigenvalue weighted by Crippen LogP contribution is -2.34. The molecule has 1 aliphatic carbocycles. The summed E-state index contributed by atoms with van der Waals surface area (Å²) in [6.07, 6.45) is -0.183. The zero-order valence-corrected chi connectivity index (χ0v) is 14.6. The lowest BCUT2D eigenvalue weighted by atomic mass is 9.85. The summed E-state index contributed by atoms with van der Waals surface area (Å²) in [7, 11) is 1.61. The Morgan fingerprint density at radius 1 is 1.29 bits per heavy atom. The zero-order chi connectivity index (χ0) is 17.5. The normalized spacial score (nSPS) is 18.1.